The van der Waals surface area contributed by atoms with Gasteiger partial charge in [0, 0.05) is 6.07 Å². The van der Waals surface area contributed by atoms with Crippen LogP contribution in [-0.2, 0) is 0 Å². The highest BCUT2D eigenvalue weighted by atomic mass is 35.5. The van der Waals surface area contributed by atoms with E-state index in [1.54, 1.807) is 13.0 Å². The molecule has 0 atom stereocenters. The van der Waals surface area contributed by atoms with Gasteiger partial charge >= 0.3 is 12.0 Å². The molecule has 0 fully saturated rings. The van der Waals surface area contributed by atoms with Crippen LogP contribution >= 0.6 is 11.6 Å². The SMILES string of the molecule is COc1nc(Cl)nc(Oc2cc(F)ccc2C)n1. The minimum atomic E-state index is -0.414. The van der Waals surface area contributed by atoms with Crippen molar-refractivity contribution in [3.8, 4) is 17.8 Å². The van der Waals surface area contributed by atoms with Crippen molar-refractivity contribution < 1.29 is 13.9 Å². The molecule has 0 bridgehead atoms. The average molecular weight is 270 g/mol. The van der Waals surface area contributed by atoms with Gasteiger partial charge < -0.3 is 9.47 Å². The molecule has 0 N–H and O–H groups in total. The summed E-state index contributed by atoms with van der Waals surface area (Å²) in [6, 6.07) is 4.13. The smallest absolute Gasteiger partial charge is 0.329 e. The third-order valence-electron chi connectivity index (χ3n) is 2.10. The molecule has 0 aliphatic heterocycles. The number of aromatic nitrogens is 3. The molecule has 0 aliphatic carbocycles. The van der Waals surface area contributed by atoms with Gasteiger partial charge in [0.1, 0.15) is 11.6 Å². The van der Waals surface area contributed by atoms with Crippen LogP contribution in [0.1, 0.15) is 5.56 Å². The first-order chi connectivity index (χ1) is 8.58. The van der Waals surface area contributed by atoms with E-state index < -0.39 is 5.82 Å². The van der Waals surface area contributed by atoms with E-state index in [1.165, 1.54) is 19.2 Å². The fraction of sp³-hybridized carbons (Fsp3) is 0.182. The van der Waals surface area contributed by atoms with E-state index >= 15 is 0 Å². The molecule has 94 valence electrons. The monoisotopic (exact) mass is 269 g/mol. The normalized spacial score (nSPS) is 10.2. The molecule has 0 spiro atoms. The molecule has 0 amide bonds. The highest BCUT2D eigenvalue weighted by molar-refractivity contribution is 6.28. The van der Waals surface area contributed by atoms with Crippen molar-refractivity contribution in [2.45, 2.75) is 6.92 Å². The first kappa shape index (κ1) is 12.5. The number of aryl methyl sites for hydroxylation is 1. The molecule has 18 heavy (non-hydrogen) atoms. The van der Waals surface area contributed by atoms with Crippen molar-refractivity contribution in [2.75, 3.05) is 7.11 Å². The second kappa shape index (κ2) is 5.14. The van der Waals surface area contributed by atoms with Gasteiger partial charge in [-0.1, -0.05) is 6.07 Å². The summed E-state index contributed by atoms with van der Waals surface area (Å²) in [5, 5.41) is -0.0640. The van der Waals surface area contributed by atoms with Crippen LogP contribution in [0.4, 0.5) is 4.39 Å². The molecule has 1 heterocycles. The minimum absolute atomic E-state index is 0.0269. The Bertz CT molecular complexity index is 580. The summed E-state index contributed by atoms with van der Waals surface area (Å²) in [5.41, 5.74) is 0.743. The third kappa shape index (κ3) is 2.84. The van der Waals surface area contributed by atoms with Gasteiger partial charge in [-0.25, -0.2) is 4.39 Å². The zero-order valence-corrected chi connectivity index (χ0v) is 10.4. The molecule has 0 radical (unpaired) electrons. The lowest BCUT2D eigenvalue weighted by atomic mass is 10.2. The zero-order chi connectivity index (χ0) is 13.1. The second-order valence-corrected chi connectivity index (χ2v) is 3.72. The summed E-state index contributed by atoms with van der Waals surface area (Å²) in [6.45, 7) is 1.77. The van der Waals surface area contributed by atoms with E-state index in [0.717, 1.165) is 5.56 Å². The number of methoxy groups -OCH3 is 1. The van der Waals surface area contributed by atoms with Gasteiger partial charge in [0.15, 0.2) is 0 Å². The van der Waals surface area contributed by atoms with E-state index in [4.69, 9.17) is 21.1 Å². The van der Waals surface area contributed by atoms with Crippen molar-refractivity contribution in [3.63, 3.8) is 0 Å². The molecule has 1 aromatic carbocycles. The van der Waals surface area contributed by atoms with E-state index in [-0.39, 0.29) is 17.3 Å². The van der Waals surface area contributed by atoms with Gasteiger partial charge in [-0.2, -0.15) is 9.97 Å². The molecular weight excluding hydrogens is 261 g/mol. The summed E-state index contributed by atoms with van der Waals surface area (Å²) in [5.74, 6) is -0.109. The van der Waals surface area contributed by atoms with Gasteiger partial charge in [-0.05, 0) is 30.2 Å². The van der Waals surface area contributed by atoms with Crippen LogP contribution in [0.3, 0.4) is 0 Å². The van der Waals surface area contributed by atoms with Crippen LogP contribution in [0.5, 0.6) is 17.8 Å². The van der Waals surface area contributed by atoms with Crippen LogP contribution in [-0.4, -0.2) is 22.1 Å². The minimum Gasteiger partial charge on any atom is -0.467 e. The Kier molecular flexibility index (Phi) is 3.57. The molecule has 5 nitrogen and oxygen atoms in total. The highest BCUT2D eigenvalue weighted by Gasteiger charge is 2.09. The Hall–Kier alpha value is -1.95. The predicted molar refractivity (Wildman–Crippen MR) is 62.6 cm³/mol. The number of hydrogen-bond acceptors (Lipinski definition) is 5. The van der Waals surface area contributed by atoms with E-state index in [9.17, 15) is 4.39 Å². The maximum Gasteiger partial charge on any atom is 0.329 e. The van der Waals surface area contributed by atoms with Gasteiger partial charge in [0.25, 0.3) is 0 Å². The summed E-state index contributed by atoms with van der Waals surface area (Å²) < 4.78 is 23.3. The molecule has 0 saturated heterocycles. The Morgan fingerprint density at radius 2 is 1.89 bits per heavy atom. The Labute approximate surface area is 108 Å². The Morgan fingerprint density at radius 1 is 1.17 bits per heavy atom. The maximum atomic E-state index is 13.1. The lowest BCUT2D eigenvalue weighted by molar-refractivity contribution is 0.358. The number of benzene rings is 1. The second-order valence-electron chi connectivity index (χ2n) is 3.39. The van der Waals surface area contributed by atoms with Crippen molar-refractivity contribution in [1.29, 1.82) is 0 Å². The average Bonchev–Trinajstić information content (AvgIpc) is 2.33. The first-order valence-corrected chi connectivity index (χ1v) is 5.36. The van der Waals surface area contributed by atoms with E-state index in [0.29, 0.717) is 5.75 Å². The lowest BCUT2D eigenvalue weighted by Gasteiger charge is -2.07. The Balaban J connectivity index is 2.33. The van der Waals surface area contributed by atoms with Crippen molar-refractivity contribution in [2.24, 2.45) is 0 Å². The molecular formula is C11H9ClFN3O2. The molecule has 7 heteroatoms. The fourth-order valence-corrected chi connectivity index (χ4v) is 1.38. The first-order valence-electron chi connectivity index (χ1n) is 4.98. The van der Waals surface area contributed by atoms with Gasteiger partial charge in [0.2, 0.25) is 5.28 Å². The summed E-state index contributed by atoms with van der Waals surface area (Å²) in [4.78, 5) is 11.3. The number of ether oxygens (including phenoxy) is 2. The van der Waals surface area contributed by atoms with Crippen LogP contribution < -0.4 is 9.47 Å². The number of nitrogens with zero attached hydrogens (tertiary/aromatic N) is 3. The predicted octanol–water partition coefficient (Wildman–Crippen LogP) is 2.77. The maximum absolute atomic E-state index is 13.1. The number of halogens is 2. The van der Waals surface area contributed by atoms with Gasteiger partial charge in [0.05, 0.1) is 7.11 Å². The van der Waals surface area contributed by atoms with Gasteiger partial charge in [-0.15, -0.1) is 4.98 Å². The highest BCUT2D eigenvalue weighted by Crippen LogP contribution is 2.24. The van der Waals surface area contributed by atoms with Crippen molar-refractivity contribution in [1.82, 2.24) is 15.0 Å². The summed E-state index contributed by atoms with van der Waals surface area (Å²) in [6.07, 6.45) is 0. The van der Waals surface area contributed by atoms with Crippen molar-refractivity contribution >= 4 is 11.6 Å². The molecule has 0 saturated carbocycles. The number of hydrogen-bond donors (Lipinski definition) is 0. The van der Waals surface area contributed by atoms with Crippen LogP contribution in [0, 0.1) is 12.7 Å². The van der Waals surface area contributed by atoms with E-state index in [1.807, 2.05) is 0 Å². The van der Waals surface area contributed by atoms with E-state index in [2.05, 4.69) is 15.0 Å². The van der Waals surface area contributed by atoms with Crippen LogP contribution in [0.2, 0.25) is 5.28 Å². The topological polar surface area (TPSA) is 57.1 Å². The van der Waals surface area contributed by atoms with Crippen molar-refractivity contribution in [3.05, 3.63) is 34.9 Å². The lowest BCUT2D eigenvalue weighted by Crippen LogP contribution is -1.99. The Morgan fingerprint density at radius 3 is 2.61 bits per heavy atom. The zero-order valence-electron chi connectivity index (χ0n) is 9.65. The third-order valence-corrected chi connectivity index (χ3v) is 2.27. The van der Waals surface area contributed by atoms with Crippen LogP contribution in [0.25, 0.3) is 0 Å². The summed E-state index contributed by atoms with van der Waals surface area (Å²) in [7, 11) is 1.39. The molecule has 2 rings (SSSR count). The molecule has 1 aromatic heterocycles. The molecule has 0 aliphatic rings. The largest absolute Gasteiger partial charge is 0.467 e. The quantitative estimate of drug-likeness (QED) is 0.857. The fourth-order valence-electron chi connectivity index (χ4n) is 1.23. The van der Waals surface area contributed by atoms with Gasteiger partial charge in [-0.3, -0.25) is 0 Å². The standard InChI is InChI=1S/C11H9ClFN3O2/c1-6-3-4-7(13)5-8(6)18-11-15-9(12)14-10(16-11)17-2/h3-5H,1-2H3. The molecule has 0 unspecified atom stereocenters. The van der Waals surface area contributed by atoms with Crippen LogP contribution in [0.15, 0.2) is 18.2 Å². The number of rotatable bonds is 3. The summed E-state index contributed by atoms with van der Waals surface area (Å²) >= 11 is 5.67. The molecule has 2 aromatic rings.